The van der Waals surface area contributed by atoms with E-state index in [1.807, 2.05) is 24.3 Å². The normalized spacial score (nSPS) is 9.58. The van der Waals surface area contributed by atoms with Crippen molar-refractivity contribution in [2.24, 2.45) is 0 Å². The monoisotopic (exact) mass is 260 g/mol. The lowest BCUT2D eigenvalue weighted by Crippen LogP contribution is -2.23. The van der Waals surface area contributed by atoms with Crippen LogP contribution >= 0.6 is 0 Å². The quantitative estimate of drug-likeness (QED) is 0.766. The lowest BCUT2D eigenvalue weighted by molar-refractivity contribution is -0.114. The van der Waals surface area contributed by atoms with E-state index in [9.17, 15) is 4.79 Å². The van der Waals surface area contributed by atoms with Gasteiger partial charge in [0.1, 0.15) is 5.75 Å². The van der Waals surface area contributed by atoms with Crippen molar-refractivity contribution < 1.29 is 9.53 Å². The molecule has 0 saturated heterocycles. The molecule has 0 saturated carbocycles. The summed E-state index contributed by atoms with van der Waals surface area (Å²) in [5.74, 6) is 0.596. The minimum Gasteiger partial charge on any atom is -0.495 e. The van der Waals surface area contributed by atoms with E-state index in [1.165, 1.54) is 6.92 Å². The first-order valence-corrected chi connectivity index (χ1v) is 6.04. The molecule has 4 heteroatoms. The maximum atomic E-state index is 11.0. The fraction of sp³-hybridized carbons (Fsp3) is 0.267. The van der Waals surface area contributed by atoms with Gasteiger partial charge in [0.2, 0.25) is 5.91 Å². The molecule has 1 N–H and O–H groups in total. The second-order valence-corrected chi connectivity index (χ2v) is 4.05. The molecule has 4 nitrogen and oxygen atoms in total. The molecular weight excluding hydrogens is 240 g/mol. The molecule has 0 heterocycles. The summed E-state index contributed by atoms with van der Waals surface area (Å²) in [7, 11) is 1.61. The van der Waals surface area contributed by atoms with Crippen LogP contribution in [-0.4, -0.2) is 26.1 Å². The number of anilines is 2. The van der Waals surface area contributed by atoms with Crippen molar-refractivity contribution in [1.82, 2.24) is 0 Å². The fourth-order valence-corrected chi connectivity index (χ4v) is 1.80. The van der Waals surface area contributed by atoms with Gasteiger partial charge in [-0.15, -0.1) is 13.2 Å². The van der Waals surface area contributed by atoms with Crippen LogP contribution in [0, 0.1) is 0 Å². The minimum atomic E-state index is -0.108. The van der Waals surface area contributed by atoms with E-state index in [4.69, 9.17) is 4.74 Å². The highest BCUT2D eigenvalue weighted by molar-refractivity contribution is 5.89. The zero-order chi connectivity index (χ0) is 14.3. The Labute approximate surface area is 114 Å². The summed E-state index contributed by atoms with van der Waals surface area (Å²) in [5, 5.41) is 2.73. The lowest BCUT2D eigenvalue weighted by Gasteiger charge is -2.24. The molecule has 0 atom stereocenters. The zero-order valence-electron chi connectivity index (χ0n) is 11.5. The number of methoxy groups -OCH3 is 1. The van der Waals surface area contributed by atoms with Crippen molar-refractivity contribution in [2.45, 2.75) is 6.92 Å². The third kappa shape index (κ3) is 4.17. The smallest absolute Gasteiger partial charge is 0.221 e. The molecule has 0 unspecified atom stereocenters. The first-order valence-electron chi connectivity index (χ1n) is 6.04. The van der Waals surface area contributed by atoms with Crippen LogP contribution in [0.15, 0.2) is 43.5 Å². The molecule has 0 fully saturated rings. The maximum absolute atomic E-state index is 11.0. The van der Waals surface area contributed by atoms with Gasteiger partial charge in [-0.25, -0.2) is 0 Å². The van der Waals surface area contributed by atoms with E-state index < -0.39 is 0 Å². The Bertz CT molecular complexity index is 459. The van der Waals surface area contributed by atoms with E-state index in [1.54, 1.807) is 13.2 Å². The predicted octanol–water partition coefficient (Wildman–Crippen LogP) is 2.83. The minimum absolute atomic E-state index is 0.108. The third-order valence-electron chi connectivity index (χ3n) is 2.54. The fourth-order valence-electron chi connectivity index (χ4n) is 1.80. The van der Waals surface area contributed by atoms with Crippen molar-refractivity contribution in [3.05, 3.63) is 43.5 Å². The first-order chi connectivity index (χ1) is 9.12. The summed E-state index contributed by atoms with van der Waals surface area (Å²) in [5.41, 5.74) is 1.65. The lowest BCUT2D eigenvalue weighted by atomic mass is 10.2. The molecule has 1 rings (SSSR count). The molecule has 0 bridgehead atoms. The molecule has 1 aromatic rings. The Morgan fingerprint density at radius 3 is 2.47 bits per heavy atom. The van der Waals surface area contributed by atoms with Crippen LogP contribution in [0.1, 0.15) is 6.92 Å². The van der Waals surface area contributed by atoms with Crippen molar-refractivity contribution in [3.63, 3.8) is 0 Å². The third-order valence-corrected chi connectivity index (χ3v) is 2.54. The maximum Gasteiger partial charge on any atom is 0.221 e. The molecule has 1 amide bonds. The molecule has 0 radical (unpaired) electrons. The summed E-state index contributed by atoms with van der Waals surface area (Å²) in [6, 6.07) is 5.56. The average Bonchev–Trinajstić information content (AvgIpc) is 2.37. The second kappa shape index (κ2) is 7.26. The summed E-state index contributed by atoms with van der Waals surface area (Å²) in [6.45, 7) is 10.4. The van der Waals surface area contributed by atoms with Crippen LogP contribution < -0.4 is 15.0 Å². The van der Waals surface area contributed by atoms with Crippen molar-refractivity contribution in [2.75, 3.05) is 30.4 Å². The van der Waals surface area contributed by atoms with Crippen LogP contribution in [0.3, 0.4) is 0 Å². The Hall–Kier alpha value is -2.23. The van der Waals surface area contributed by atoms with Gasteiger partial charge in [-0.05, 0) is 12.1 Å². The zero-order valence-corrected chi connectivity index (χ0v) is 11.5. The van der Waals surface area contributed by atoms with Gasteiger partial charge >= 0.3 is 0 Å². The Morgan fingerprint density at radius 2 is 2.00 bits per heavy atom. The number of nitrogens with one attached hydrogen (secondary N) is 1. The standard InChI is InChI=1S/C15H20N2O2/c1-5-9-17(10-6-2)14-8-7-13(16-12(3)18)11-15(14)19-4/h5-8,11H,1-2,9-10H2,3-4H3,(H,16,18). The van der Waals surface area contributed by atoms with Gasteiger partial charge in [0, 0.05) is 31.8 Å². The summed E-state index contributed by atoms with van der Waals surface area (Å²) in [4.78, 5) is 13.1. The molecular formula is C15H20N2O2. The molecule has 0 spiro atoms. The number of carbonyl (C=O) groups is 1. The van der Waals surface area contributed by atoms with Crippen LogP contribution in [0.5, 0.6) is 5.75 Å². The molecule has 1 aromatic carbocycles. The van der Waals surface area contributed by atoms with Crippen molar-refractivity contribution in [1.29, 1.82) is 0 Å². The molecule has 0 aliphatic carbocycles. The largest absolute Gasteiger partial charge is 0.495 e. The van der Waals surface area contributed by atoms with Gasteiger partial charge in [-0.3, -0.25) is 4.79 Å². The Balaban J connectivity index is 3.08. The van der Waals surface area contributed by atoms with E-state index >= 15 is 0 Å². The molecule has 0 aliphatic rings. The van der Waals surface area contributed by atoms with Gasteiger partial charge in [-0.1, -0.05) is 12.2 Å². The van der Waals surface area contributed by atoms with Crippen LogP contribution in [0.25, 0.3) is 0 Å². The summed E-state index contributed by atoms with van der Waals surface area (Å²) in [6.07, 6.45) is 3.65. The molecule has 0 aliphatic heterocycles. The highest BCUT2D eigenvalue weighted by Crippen LogP contribution is 2.31. The Kier molecular flexibility index (Phi) is 5.67. The number of benzene rings is 1. The first kappa shape index (κ1) is 14.8. The van der Waals surface area contributed by atoms with E-state index in [0.29, 0.717) is 24.5 Å². The number of hydrogen-bond acceptors (Lipinski definition) is 3. The summed E-state index contributed by atoms with van der Waals surface area (Å²) >= 11 is 0. The number of nitrogens with zero attached hydrogens (tertiary/aromatic N) is 1. The molecule has 19 heavy (non-hydrogen) atoms. The van der Waals surface area contributed by atoms with E-state index in [-0.39, 0.29) is 5.91 Å². The van der Waals surface area contributed by atoms with Gasteiger partial charge < -0.3 is 15.0 Å². The van der Waals surface area contributed by atoms with Crippen molar-refractivity contribution in [3.8, 4) is 5.75 Å². The highest BCUT2D eigenvalue weighted by Gasteiger charge is 2.11. The van der Waals surface area contributed by atoms with Gasteiger partial charge in [0.05, 0.1) is 12.8 Å². The van der Waals surface area contributed by atoms with Crippen LogP contribution in [-0.2, 0) is 4.79 Å². The number of rotatable bonds is 7. The van der Waals surface area contributed by atoms with E-state index in [0.717, 1.165) is 5.69 Å². The van der Waals surface area contributed by atoms with Gasteiger partial charge in [0.15, 0.2) is 0 Å². The second-order valence-electron chi connectivity index (χ2n) is 4.05. The van der Waals surface area contributed by atoms with Gasteiger partial charge in [0.25, 0.3) is 0 Å². The van der Waals surface area contributed by atoms with Gasteiger partial charge in [-0.2, -0.15) is 0 Å². The molecule has 0 aromatic heterocycles. The number of hydrogen-bond donors (Lipinski definition) is 1. The number of carbonyl (C=O) groups excluding carboxylic acids is 1. The van der Waals surface area contributed by atoms with Crippen LogP contribution in [0.4, 0.5) is 11.4 Å². The number of ether oxygens (including phenoxy) is 1. The Morgan fingerprint density at radius 1 is 1.37 bits per heavy atom. The van der Waals surface area contributed by atoms with E-state index in [2.05, 4.69) is 23.4 Å². The highest BCUT2D eigenvalue weighted by atomic mass is 16.5. The average molecular weight is 260 g/mol. The van der Waals surface area contributed by atoms with Crippen LogP contribution in [0.2, 0.25) is 0 Å². The van der Waals surface area contributed by atoms with Crippen molar-refractivity contribution >= 4 is 17.3 Å². The number of amides is 1. The molecule has 102 valence electrons. The SMILES string of the molecule is C=CCN(CC=C)c1ccc(NC(C)=O)cc1OC. The summed E-state index contributed by atoms with van der Waals surface area (Å²) < 4.78 is 5.38. The predicted molar refractivity (Wildman–Crippen MR) is 79.9 cm³/mol. The topological polar surface area (TPSA) is 41.6 Å².